The van der Waals surface area contributed by atoms with Gasteiger partial charge in [0, 0.05) is 17.5 Å². The van der Waals surface area contributed by atoms with Crippen molar-refractivity contribution in [3.05, 3.63) is 36.0 Å². The molecule has 3 heteroatoms. The van der Waals surface area contributed by atoms with E-state index in [4.69, 9.17) is 5.73 Å². The Morgan fingerprint density at radius 2 is 2.08 bits per heavy atom. The molecule has 0 atom stereocenters. The van der Waals surface area contributed by atoms with E-state index in [1.165, 1.54) is 6.20 Å². The number of para-hydroxylation sites is 1. The summed E-state index contributed by atoms with van der Waals surface area (Å²) in [5.41, 5.74) is 7.58. The zero-order valence-electron chi connectivity index (χ0n) is 6.37. The van der Waals surface area contributed by atoms with Crippen LogP contribution in [-0.4, -0.2) is 5.91 Å². The van der Waals surface area contributed by atoms with Crippen LogP contribution in [0.2, 0.25) is 0 Å². The molecule has 1 aliphatic heterocycles. The van der Waals surface area contributed by atoms with E-state index < -0.39 is 0 Å². The van der Waals surface area contributed by atoms with Crippen molar-refractivity contribution in [3.8, 4) is 0 Å². The molecule has 0 bridgehead atoms. The summed E-state index contributed by atoms with van der Waals surface area (Å²) in [4.78, 5) is 11.2. The lowest BCUT2D eigenvalue weighted by molar-refractivity contribution is -0.110. The third kappa shape index (κ3) is 0.797. The minimum atomic E-state index is -0.126. The van der Waals surface area contributed by atoms with Crippen molar-refractivity contribution in [2.24, 2.45) is 5.73 Å². The SMILES string of the molecule is NC=C1C(=O)Nc2ccccc21. The molecule has 0 aromatic heterocycles. The van der Waals surface area contributed by atoms with E-state index in [-0.39, 0.29) is 5.91 Å². The van der Waals surface area contributed by atoms with E-state index in [1.807, 2.05) is 24.3 Å². The number of carbonyl (C=O) groups is 1. The number of hydrogen-bond acceptors (Lipinski definition) is 2. The highest BCUT2D eigenvalue weighted by molar-refractivity contribution is 6.31. The number of fused-ring (bicyclic) bond motifs is 1. The van der Waals surface area contributed by atoms with E-state index in [2.05, 4.69) is 5.32 Å². The summed E-state index contributed by atoms with van der Waals surface area (Å²) >= 11 is 0. The Morgan fingerprint density at radius 1 is 1.33 bits per heavy atom. The van der Waals surface area contributed by atoms with E-state index in [0.29, 0.717) is 5.57 Å². The minimum absolute atomic E-state index is 0.126. The lowest BCUT2D eigenvalue weighted by Gasteiger charge is -1.93. The van der Waals surface area contributed by atoms with E-state index in [0.717, 1.165) is 11.3 Å². The molecule has 0 fully saturated rings. The summed E-state index contributed by atoms with van der Waals surface area (Å²) in [6, 6.07) is 7.47. The molecule has 1 aromatic carbocycles. The first kappa shape index (κ1) is 6.91. The second-order valence-corrected chi connectivity index (χ2v) is 2.58. The average Bonchev–Trinajstić information content (AvgIpc) is 2.40. The summed E-state index contributed by atoms with van der Waals surface area (Å²) in [5.74, 6) is -0.126. The molecule has 0 aliphatic carbocycles. The Hall–Kier alpha value is -1.77. The van der Waals surface area contributed by atoms with E-state index in [1.54, 1.807) is 0 Å². The van der Waals surface area contributed by atoms with Crippen LogP contribution < -0.4 is 11.1 Å². The topological polar surface area (TPSA) is 55.1 Å². The Labute approximate surface area is 69.9 Å². The van der Waals surface area contributed by atoms with Gasteiger partial charge in [-0.3, -0.25) is 4.79 Å². The predicted molar refractivity (Wildman–Crippen MR) is 47.2 cm³/mol. The maximum absolute atomic E-state index is 11.2. The van der Waals surface area contributed by atoms with E-state index in [9.17, 15) is 4.79 Å². The molecule has 3 N–H and O–H groups in total. The minimum Gasteiger partial charge on any atom is -0.404 e. The van der Waals surface area contributed by atoms with Gasteiger partial charge in [0.2, 0.25) is 0 Å². The summed E-state index contributed by atoms with van der Waals surface area (Å²) in [6.45, 7) is 0. The largest absolute Gasteiger partial charge is 0.404 e. The quantitative estimate of drug-likeness (QED) is 0.555. The highest BCUT2D eigenvalue weighted by Crippen LogP contribution is 2.29. The molecule has 2 rings (SSSR count). The first-order valence-corrected chi connectivity index (χ1v) is 3.65. The average molecular weight is 160 g/mol. The van der Waals surface area contributed by atoms with Gasteiger partial charge in [-0.15, -0.1) is 0 Å². The van der Waals surface area contributed by atoms with Crippen molar-refractivity contribution in [1.29, 1.82) is 0 Å². The number of amides is 1. The zero-order chi connectivity index (χ0) is 8.55. The van der Waals surface area contributed by atoms with E-state index >= 15 is 0 Å². The van der Waals surface area contributed by atoms with Crippen molar-refractivity contribution in [1.82, 2.24) is 0 Å². The number of anilines is 1. The summed E-state index contributed by atoms with van der Waals surface area (Å²) < 4.78 is 0. The molecule has 1 aliphatic rings. The smallest absolute Gasteiger partial charge is 0.257 e. The van der Waals surface area contributed by atoms with Crippen LogP contribution in [0.25, 0.3) is 5.57 Å². The molecule has 3 nitrogen and oxygen atoms in total. The number of benzene rings is 1. The molecule has 0 saturated carbocycles. The molecule has 0 saturated heterocycles. The molecular weight excluding hydrogens is 152 g/mol. The Bertz CT molecular complexity index is 369. The normalized spacial score (nSPS) is 17.7. The number of carbonyl (C=O) groups excluding carboxylic acids is 1. The lowest BCUT2D eigenvalue weighted by Crippen LogP contribution is -2.04. The van der Waals surface area contributed by atoms with Crippen LogP contribution in [0.3, 0.4) is 0 Å². The fraction of sp³-hybridized carbons (Fsp3) is 0. The van der Waals surface area contributed by atoms with Gasteiger partial charge in [0.15, 0.2) is 0 Å². The lowest BCUT2D eigenvalue weighted by atomic mass is 10.1. The van der Waals surface area contributed by atoms with Gasteiger partial charge in [0.05, 0.1) is 5.57 Å². The standard InChI is InChI=1S/C9H8N2O/c10-5-7-6-3-1-2-4-8(6)11-9(7)12/h1-5H,10H2,(H,11,12). The number of nitrogens with one attached hydrogen (secondary N) is 1. The van der Waals surface area contributed by atoms with Crippen LogP contribution in [0, 0.1) is 0 Å². The van der Waals surface area contributed by atoms with Gasteiger partial charge in [-0.05, 0) is 6.07 Å². The summed E-state index contributed by atoms with van der Waals surface area (Å²) in [6.07, 6.45) is 1.33. The maximum Gasteiger partial charge on any atom is 0.257 e. The Morgan fingerprint density at radius 3 is 2.83 bits per heavy atom. The third-order valence-corrected chi connectivity index (χ3v) is 1.88. The van der Waals surface area contributed by atoms with Crippen LogP contribution in [0.4, 0.5) is 5.69 Å². The van der Waals surface area contributed by atoms with Crippen LogP contribution in [0.1, 0.15) is 5.56 Å². The second kappa shape index (κ2) is 2.37. The van der Waals surface area contributed by atoms with Crippen LogP contribution >= 0.6 is 0 Å². The molecular formula is C9H8N2O. The Balaban J connectivity index is 2.62. The first-order valence-electron chi connectivity index (χ1n) is 3.65. The van der Waals surface area contributed by atoms with Crippen LogP contribution in [0.5, 0.6) is 0 Å². The fourth-order valence-electron chi connectivity index (χ4n) is 1.30. The van der Waals surface area contributed by atoms with Crippen LogP contribution in [0.15, 0.2) is 30.5 Å². The van der Waals surface area contributed by atoms with Crippen molar-refractivity contribution in [2.75, 3.05) is 5.32 Å². The van der Waals surface area contributed by atoms with Gasteiger partial charge < -0.3 is 11.1 Å². The summed E-state index contributed by atoms with van der Waals surface area (Å²) in [7, 11) is 0. The van der Waals surface area contributed by atoms with Crippen LogP contribution in [-0.2, 0) is 4.79 Å². The highest BCUT2D eigenvalue weighted by atomic mass is 16.2. The summed E-state index contributed by atoms with van der Waals surface area (Å²) in [5, 5.41) is 2.71. The highest BCUT2D eigenvalue weighted by Gasteiger charge is 2.22. The van der Waals surface area contributed by atoms with Gasteiger partial charge >= 0.3 is 0 Å². The number of nitrogens with two attached hydrogens (primary N) is 1. The molecule has 0 radical (unpaired) electrons. The van der Waals surface area contributed by atoms with Gasteiger partial charge in [0.1, 0.15) is 0 Å². The fourth-order valence-corrected chi connectivity index (χ4v) is 1.30. The molecule has 1 aromatic rings. The third-order valence-electron chi connectivity index (χ3n) is 1.88. The van der Waals surface area contributed by atoms with Crippen molar-refractivity contribution < 1.29 is 4.79 Å². The first-order chi connectivity index (χ1) is 5.83. The number of hydrogen-bond donors (Lipinski definition) is 2. The molecule has 1 heterocycles. The van der Waals surface area contributed by atoms with Gasteiger partial charge in [0.25, 0.3) is 5.91 Å². The van der Waals surface area contributed by atoms with Gasteiger partial charge in [-0.2, -0.15) is 0 Å². The monoisotopic (exact) mass is 160 g/mol. The van der Waals surface area contributed by atoms with Crippen molar-refractivity contribution in [3.63, 3.8) is 0 Å². The molecule has 0 spiro atoms. The molecule has 12 heavy (non-hydrogen) atoms. The maximum atomic E-state index is 11.2. The molecule has 60 valence electrons. The van der Waals surface area contributed by atoms with Gasteiger partial charge in [-0.1, -0.05) is 18.2 Å². The molecule has 0 unspecified atom stereocenters. The predicted octanol–water partition coefficient (Wildman–Crippen LogP) is 0.938. The van der Waals surface area contributed by atoms with Crippen molar-refractivity contribution >= 4 is 17.2 Å². The number of rotatable bonds is 0. The Kier molecular flexibility index (Phi) is 1.37. The van der Waals surface area contributed by atoms with Crippen molar-refractivity contribution in [2.45, 2.75) is 0 Å². The molecule has 1 amide bonds. The second-order valence-electron chi connectivity index (χ2n) is 2.58. The zero-order valence-corrected chi connectivity index (χ0v) is 6.37. The van der Waals surface area contributed by atoms with Gasteiger partial charge in [-0.25, -0.2) is 0 Å².